The average Bonchev–Trinajstić information content (AvgIpc) is 2.75. The molecule has 4 atom stereocenters. The topological polar surface area (TPSA) is 198 Å². The van der Waals surface area contributed by atoms with Gasteiger partial charge in [0, 0.05) is 12.6 Å². The van der Waals surface area contributed by atoms with Crippen LogP contribution in [-0.4, -0.2) is 47.9 Å². The number of aliphatic hydroxyl groups is 1. The molecule has 0 saturated carbocycles. The van der Waals surface area contributed by atoms with Crippen molar-refractivity contribution in [2.75, 3.05) is 6.56 Å². The Hall–Kier alpha value is -1.65. The molecule has 0 radical (unpaired) electrons. The van der Waals surface area contributed by atoms with Gasteiger partial charge in [0.05, 0.1) is 4.11 Å². The molecular weight excluding hydrogens is 417 g/mol. The van der Waals surface area contributed by atoms with Gasteiger partial charge in [-0.2, -0.15) is 4.31 Å². The third-order valence-electron chi connectivity index (χ3n) is 2.87. The molecule has 1 saturated heterocycles. The van der Waals surface area contributed by atoms with Crippen molar-refractivity contribution in [2.45, 2.75) is 24.6 Å². The van der Waals surface area contributed by atoms with E-state index in [1.54, 1.807) is 4.98 Å². The van der Waals surface area contributed by atoms with Crippen molar-refractivity contribution in [3.8, 4) is 12.3 Å². The SMILES string of the molecule is [2H]C([2H])(OP(=O)(O)OP(=O)(O)O)[C@]1(F)C[C@@H](O)[C@]([2H])(n2cc(C#C)c(=O)[nH]c2=O)O1. The molecule has 13 nitrogen and oxygen atoms in total. The first-order valence-electron chi connectivity index (χ1n) is 8.06. The number of aromatic amines is 1. The maximum absolute atomic E-state index is 15.2. The third-order valence-corrected chi connectivity index (χ3v) is 4.86. The largest absolute Gasteiger partial charge is 0.481 e. The molecule has 0 aromatic carbocycles. The zero-order valence-electron chi connectivity index (χ0n) is 15.8. The zero-order chi connectivity index (χ0) is 23.3. The molecule has 2 heterocycles. The summed E-state index contributed by atoms with van der Waals surface area (Å²) in [6.45, 7) is -4.06. The molecular formula is C11H13FN2O11P2. The van der Waals surface area contributed by atoms with E-state index in [1.807, 2.05) is 5.92 Å². The number of rotatable bonds is 6. The van der Waals surface area contributed by atoms with E-state index in [1.165, 1.54) is 0 Å². The summed E-state index contributed by atoms with van der Waals surface area (Å²) >= 11 is 0. The van der Waals surface area contributed by atoms with Gasteiger partial charge in [-0.25, -0.2) is 18.3 Å². The quantitative estimate of drug-likeness (QED) is 0.264. The lowest BCUT2D eigenvalue weighted by Gasteiger charge is -2.22. The molecule has 27 heavy (non-hydrogen) atoms. The molecule has 5 N–H and O–H groups in total. The molecule has 0 aliphatic carbocycles. The van der Waals surface area contributed by atoms with Gasteiger partial charge >= 0.3 is 21.3 Å². The number of nitrogens with zero attached hydrogens (tertiary/aromatic N) is 1. The second-order valence-corrected chi connectivity index (χ2v) is 7.69. The number of phosphoric acid groups is 2. The molecule has 0 spiro atoms. The molecule has 1 aromatic heterocycles. The lowest BCUT2D eigenvalue weighted by atomic mass is 10.2. The summed E-state index contributed by atoms with van der Waals surface area (Å²) < 4.78 is 72.3. The number of halogens is 1. The van der Waals surface area contributed by atoms with Crippen LogP contribution in [0.15, 0.2) is 15.8 Å². The molecule has 2 rings (SSSR count). The number of H-pyrrole nitrogens is 1. The van der Waals surface area contributed by atoms with Crippen LogP contribution in [0.5, 0.6) is 0 Å². The first-order chi connectivity index (χ1) is 13.4. The fourth-order valence-electron chi connectivity index (χ4n) is 1.90. The van der Waals surface area contributed by atoms with Crippen LogP contribution in [0, 0.1) is 12.3 Å². The van der Waals surface area contributed by atoms with Crippen molar-refractivity contribution in [1.29, 1.82) is 0 Å². The van der Waals surface area contributed by atoms with E-state index in [0.29, 0.717) is 6.20 Å². The predicted molar refractivity (Wildman–Crippen MR) is 82.7 cm³/mol. The molecule has 0 amide bonds. The highest BCUT2D eigenvalue weighted by molar-refractivity contribution is 7.60. The number of hydrogen-bond donors (Lipinski definition) is 5. The number of terminal acetylenes is 1. The minimum absolute atomic E-state index is 0.135. The average molecular weight is 433 g/mol. The summed E-state index contributed by atoms with van der Waals surface area (Å²) in [5, 5.41) is 10.1. The highest BCUT2D eigenvalue weighted by Crippen LogP contribution is 2.58. The van der Waals surface area contributed by atoms with E-state index < -0.39 is 63.6 Å². The number of aliphatic hydroxyl groups excluding tert-OH is 1. The lowest BCUT2D eigenvalue weighted by Crippen LogP contribution is -2.37. The van der Waals surface area contributed by atoms with Gasteiger partial charge in [0.2, 0.25) is 5.85 Å². The number of nitrogens with one attached hydrogen (secondary N) is 1. The van der Waals surface area contributed by atoms with E-state index in [9.17, 15) is 28.7 Å². The minimum Gasteiger partial charge on any atom is -0.388 e. The Morgan fingerprint density at radius 2 is 2.19 bits per heavy atom. The second kappa shape index (κ2) is 7.40. The van der Waals surface area contributed by atoms with Gasteiger partial charge in [0.25, 0.3) is 5.56 Å². The number of aromatic nitrogens is 2. The van der Waals surface area contributed by atoms with Crippen molar-refractivity contribution in [2.24, 2.45) is 0 Å². The van der Waals surface area contributed by atoms with Gasteiger partial charge < -0.3 is 24.5 Å². The summed E-state index contributed by atoms with van der Waals surface area (Å²) in [4.78, 5) is 51.5. The Morgan fingerprint density at radius 1 is 1.56 bits per heavy atom. The molecule has 1 aromatic rings. The fraction of sp³-hybridized carbons (Fsp3) is 0.455. The van der Waals surface area contributed by atoms with Crippen LogP contribution in [0.4, 0.5) is 4.39 Å². The van der Waals surface area contributed by atoms with Gasteiger partial charge in [0.1, 0.15) is 18.2 Å². The van der Waals surface area contributed by atoms with Gasteiger partial charge in [0.15, 0.2) is 6.20 Å². The van der Waals surface area contributed by atoms with E-state index in [-0.39, 0.29) is 4.57 Å². The molecule has 0 bridgehead atoms. The standard InChI is InChI=1S/C11H13FN2O11P2/c1-2-6-4-14(10(17)13-8(6)16)9-7(15)3-11(12,24-9)5-23-27(21,22)25-26(18,19)20/h1,4,7,9,15H,3,5H2,(H,21,22)(H,13,16,17)(H2,18,19,20)/t7-,9-,11+/m1/s1/i5D2,9D. The van der Waals surface area contributed by atoms with Crippen LogP contribution in [0.2, 0.25) is 0 Å². The summed E-state index contributed by atoms with van der Waals surface area (Å²) in [6, 6.07) is 0. The first kappa shape index (κ1) is 17.4. The monoisotopic (exact) mass is 433 g/mol. The summed E-state index contributed by atoms with van der Waals surface area (Å²) in [7, 11) is -11.6. The lowest BCUT2D eigenvalue weighted by molar-refractivity contribution is -0.178. The highest BCUT2D eigenvalue weighted by atomic mass is 31.3. The third kappa shape index (κ3) is 5.43. The normalized spacial score (nSPS) is 32.7. The van der Waals surface area contributed by atoms with Crippen molar-refractivity contribution >= 4 is 15.6 Å². The molecule has 1 unspecified atom stereocenters. The van der Waals surface area contributed by atoms with Crippen LogP contribution >= 0.6 is 15.6 Å². The van der Waals surface area contributed by atoms with Crippen LogP contribution in [0.3, 0.4) is 0 Å². The molecule has 1 aliphatic rings. The van der Waals surface area contributed by atoms with Gasteiger partial charge in [-0.05, 0) is 0 Å². The van der Waals surface area contributed by atoms with Crippen molar-refractivity contribution in [3.63, 3.8) is 0 Å². The van der Waals surface area contributed by atoms with E-state index in [4.69, 9.17) is 20.3 Å². The van der Waals surface area contributed by atoms with E-state index >= 15 is 4.39 Å². The van der Waals surface area contributed by atoms with Gasteiger partial charge in [-0.1, -0.05) is 5.92 Å². The predicted octanol–water partition coefficient (Wildman–Crippen LogP) is -1.31. The van der Waals surface area contributed by atoms with E-state index in [2.05, 4.69) is 13.6 Å². The zero-order valence-corrected chi connectivity index (χ0v) is 14.6. The Balaban J connectivity index is 2.46. The first-order valence-corrected chi connectivity index (χ1v) is 9.59. The maximum Gasteiger partial charge on any atom is 0.481 e. The summed E-state index contributed by atoms with van der Waals surface area (Å²) in [5.41, 5.74) is -3.00. The molecule has 16 heteroatoms. The van der Waals surface area contributed by atoms with Crippen LogP contribution in [-0.2, 0) is 22.7 Å². The number of alkyl halides is 1. The molecule has 150 valence electrons. The van der Waals surface area contributed by atoms with Crippen molar-refractivity contribution in [1.82, 2.24) is 9.55 Å². The second-order valence-electron chi connectivity index (χ2n) is 4.94. The number of ether oxygens (including phenoxy) is 1. The van der Waals surface area contributed by atoms with E-state index in [0.717, 1.165) is 0 Å². The summed E-state index contributed by atoms with van der Waals surface area (Å²) in [5.74, 6) is -2.09. The Bertz CT molecular complexity index is 1110. The van der Waals surface area contributed by atoms with Crippen LogP contribution in [0.1, 0.15) is 22.3 Å². The van der Waals surface area contributed by atoms with Crippen molar-refractivity contribution in [3.05, 3.63) is 32.6 Å². The Kier molecular flexibility index (Phi) is 4.78. The Morgan fingerprint density at radius 3 is 2.74 bits per heavy atom. The van der Waals surface area contributed by atoms with Crippen LogP contribution < -0.4 is 11.2 Å². The van der Waals surface area contributed by atoms with Crippen LogP contribution in [0.25, 0.3) is 0 Å². The molecule has 1 fully saturated rings. The maximum atomic E-state index is 15.2. The minimum atomic E-state index is -5.94. The molecule has 1 aliphatic heterocycles. The summed E-state index contributed by atoms with van der Waals surface area (Å²) in [6.07, 6.45) is -1.37. The van der Waals surface area contributed by atoms with Gasteiger partial charge in [-0.15, -0.1) is 6.42 Å². The highest BCUT2D eigenvalue weighted by Gasteiger charge is 2.50. The van der Waals surface area contributed by atoms with Gasteiger partial charge in [-0.3, -0.25) is 18.9 Å². The smallest absolute Gasteiger partial charge is 0.388 e. The van der Waals surface area contributed by atoms with Crippen molar-refractivity contribution < 1.29 is 51.0 Å². The fourth-order valence-corrected chi connectivity index (χ4v) is 3.36. The number of phosphoric ester groups is 1. The Labute approximate surface area is 153 Å². The number of hydrogen-bond acceptors (Lipinski definition) is 8.